The van der Waals surface area contributed by atoms with E-state index in [0.717, 1.165) is 0 Å². The predicted molar refractivity (Wildman–Crippen MR) is 31.0 cm³/mol. The van der Waals surface area contributed by atoms with Crippen molar-refractivity contribution in [2.45, 2.75) is 12.7 Å². The van der Waals surface area contributed by atoms with E-state index in [1.54, 1.807) is 12.2 Å². The Morgan fingerprint density at radius 1 is 1.38 bits per heavy atom. The van der Waals surface area contributed by atoms with Gasteiger partial charge in [0.05, 0.1) is 0 Å². The van der Waals surface area contributed by atoms with Crippen LogP contribution < -0.4 is 5.73 Å². The van der Waals surface area contributed by atoms with Crippen molar-refractivity contribution in [1.82, 2.24) is 0 Å². The minimum Gasteiger partial charge on any atom is -0.368 e. The van der Waals surface area contributed by atoms with Gasteiger partial charge in [-0.15, -0.1) is 0 Å². The molecule has 0 aromatic rings. The first-order chi connectivity index (χ1) is 3.77. The van der Waals surface area contributed by atoms with Crippen LogP contribution in [0.3, 0.4) is 0 Å². The third-order valence-electron chi connectivity index (χ3n) is 0.650. The smallest absolute Gasteiger partial charge is 0.154 e. The molecular formula is C5H11NO2. The van der Waals surface area contributed by atoms with Gasteiger partial charge in [0, 0.05) is 13.0 Å². The van der Waals surface area contributed by atoms with Gasteiger partial charge in [-0.05, 0) is 0 Å². The third kappa shape index (κ3) is 5.62. The number of hydrogen-bond acceptors (Lipinski definition) is 3. The molecular weight excluding hydrogens is 106 g/mol. The Kier molecular flexibility index (Phi) is 4.54. The lowest BCUT2D eigenvalue weighted by molar-refractivity contribution is -0.0361. The molecule has 48 valence electrons. The Balaban J connectivity index is 3.03. The second-order valence-electron chi connectivity index (χ2n) is 1.42. The number of aliphatic hydroxyl groups excluding tert-OH is 1. The van der Waals surface area contributed by atoms with E-state index in [4.69, 9.17) is 15.9 Å². The average Bonchev–Trinajstić information content (AvgIpc) is 1.66. The minimum atomic E-state index is -1.24. The standard InChI is InChI=1S/C5H11NO2/c6-4-2-1-3-5(7)8/h1-2,5,7-8H,3-4,6H2/b2-1+. The van der Waals surface area contributed by atoms with Crippen LogP contribution in [0.1, 0.15) is 6.42 Å². The predicted octanol–water partition coefficient (Wildman–Crippen LogP) is -0.798. The summed E-state index contributed by atoms with van der Waals surface area (Å²) in [6.45, 7) is 0.451. The molecule has 0 aliphatic rings. The van der Waals surface area contributed by atoms with Crippen molar-refractivity contribution in [3.63, 3.8) is 0 Å². The molecule has 0 fully saturated rings. The maximum absolute atomic E-state index is 8.24. The topological polar surface area (TPSA) is 66.5 Å². The summed E-state index contributed by atoms with van der Waals surface area (Å²) < 4.78 is 0. The van der Waals surface area contributed by atoms with Crippen molar-refractivity contribution in [3.05, 3.63) is 12.2 Å². The molecule has 0 aromatic carbocycles. The molecule has 8 heavy (non-hydrogen) atoms. The van der Waals surface area contributed by atoms with Gasteiger partial charge in [0.15, 0.2) is 6.29 Å². The van der Waals surface area contributed by atoms with Crippen LogP contribution in [0.4, 0.5) is 0 Å². The van der Waals surface area contributed by atoms with Gasteiger partial charge in [0.1, 0.15) is 0 Å². The Hall–Kier alpha value is -0.380. The third-order valence-corrected chi connectivity index (χ3v) is 0.650. The highest BCUT2D eigenvalue weighted by molar-refractivity contribution is 4.82. The Labute approximate surface area is 48.4 Å². The summed E-state index contributed by atoms with van der Waals surface area (Å²) in [5, 5.41) is 16.5. The molecule has 0 aliphatic heterocycles. The molecule has 0 heterocycles. The molecule has 4 N–H and O–H groups in total. The first kappa shape index (κ1) is 7.62. The summed E-state index contributed by atoms with van der Waals surface area (Å²) in [6, 6.07) is 0. The molecule has 0 atom stereocenters. The highest BCUT2D eigenvalue weighted by Crippen LogP contribution is 1.85. The number of rotatable bonds is 3. The molecule has 0 amide bonds. The van der Waals surface area contributed by atoms with Crippen molar-refractivity contribution >= 4 is 0 Å². The highest BCUT2D eigenvalue weighted by atomic mass is 16.5. The molecule has 0 aromatic heterocycles. The molecule has 0 radical (unpaired) electrons. The van der Waals surface area contributed by atoms with Gasteiger partial charge >= 0.3 is 0 Å². The average molecular weight is 117 g/mol. The van der Waals surface area contributed by atoms with E-state index in [1.165, 1.54) is 0 Å². The Morgan fingerprint density at radius 2 is 2.00 bits per heavy atom. The van der Waals surface area contributed by atoms with Crippen LogP contribution in [0.2, 0.25) is 0 Å². The summed E-state index contributed by atoms with van der Waals surface area (Å²) in [7, 11) is 0. The first-order valence-corrected chi connectivity index (χ1v) is 2.48. The molecule has 0 rings (SSSR count). The van der Waals surface area contributed by atoms with Gasteiger partial charge in [0.25, 0.3) is 0 Å². The van der Waals surface area contributed by atoms with E-state index < -0.39 is 6.29 Å². The van der Waals surface area contributed by atoms with Crippen LogP contribution in [0.25, 0.3) is 0 Å². The lowest BCUT2D eigenvalue weighted by Gasteiger charge is -1.93. The van der Waals surface area contributed by atoms with Crippen molar-refractivity contribution in [3.8, 4) is 0 Å². The van der Waals surface area contributed by atoms with Crippen molar-refractivity contribution in [2.75, 3.05) is 6.54 Å². The highest BCUT2D eigenvalue weighted by Gasteiger charge is 1.88. The van der Waals surface area contributed by atoms with Crippen LogP contribution in [0, 0.1) is 0 Å². The summed E-state index contributed by atoms with van der Waals surface area (Å²) in [5.74, 6) is 0. The lowest BCUT2D eigenvalue weighted by atomic mass is 10.4. The zero-order valence-electron chi connectivity index (χ0n) is 4.62. The molecule has 0 saturated carbocycles. The van der Waals surface area contributed by atoms with Crippen LogP contribution in [-0.4, -0.2) is 23.0 Å². The molecule has 3 heteroatoms. The van der Waals surface area contributed by atoms with Gasteiger partial charge in [-0.25, -0.2) is 0 Å². The fraction of sp³-hybridized carbons (Fsp3) is 0.600. The van der Waals surface area contributed by atoms with E-state index in [-0.39, 0.29) is 6.42 Å². The SMILES string of the molecule is NC/C=C/CC(O)O. The second-order valence-corrected chi connectivity index (χ2v) is 1.42. The lowest BCUT2D eigenvalue weighted by Crippen LogP contribution is -2.01. The first-order valence-electron chi connectivity index (χ1n) is 2.48. The van der Waals surface area contributed by atoms with E-state index in [2.05, 4.69) is 0 Å². The monoisotopic (exact) mass is 117 g/mol. The van der Waals surface area contributed by atoms with E-state index in [1.807, 2.05) is 0 Å². The molecule has 0 unspecified atom stereocenters. The van der Waals surface area contributed by atoms with Gasteiger partial charge < -0.3 is 15.9 Å². The second kappa shape index (κ2) is 4.77. The largest absolute Gasteiger partial charge is 0.368 e. The maximum Gasteiger partial charge on any atom is 0.154 e. The van der Waals surface area contributed by atoms with E-state index in [9.17, 15) is 0 Å². The normalized spacial score (nSPS) is 11.5. The van der Waals surface area contributed by atoms with E-state index >= 15 is 0 Å². The maximum atomic E-state index is 8.24. The van der Waals surface area contributed by atoms with Crippen LogP contribution in [-0.2, 0) is 0 Å². The quantitative estimate of drug-likeness (QED) is 0.335. The molecule has 3 nitrogen and oxygen atoms in total. The summed E-state index contributed by atoms with van der Waals surface area (Å²) in [6.07, 6.45) is 2.33. The van der Waals surface area contributed by atoms with Crippen molar-refractivity contribution in [2.24, 2.45) is 5.73 Å². The number of nitrogens with two attached hydrogens (primary N) is 1. The zero-order valence-corrected chi connectivity index (χ0v) is 4.62. The van der Waals surface area contributed by atoms with Crippen LogP contribution >= 0.6 is 0 Å². The minimum absolute atomic E-state index is 0.261. The van der Waals surface area contributed by atoms with Crippen LogP contribution in [0.5, 0.6) is 0 Å². The fourth-order valence-electron chi connectivity index (χ4n) is 0.314. The van der Waals surface area contributed by atoms with Gasteiger partial charge in [-0.1, -0.05) is 12.2 Å². The molecule has 0 spiro atoms. The molecule has 0 saturated heterocycles. The number of aliphatic hydroxyl groups is 2. The van der Waals surface area contributed by atoms with Crippen molar-refractivity contribution in [1.29, 1.82) is 0 Å². The zero-order chi connectivity index (χ0) is 6.41. The molecule has 0 bridgehead atoms. The Bertz CT molecular complexity index is 70.8. The Morgan fingerprint density at radius 3 is 2.38 bits per heavy atom. The van der Waals surface area contributed by atoms with Crippen molar-refractivity contribution < 1.29 is 10.2 Å². The fourth-order valence-corrected chi connectivity index (χ4v) is 0.314. The summed E-state index contributed by atoms with van der Waals surface area (Å²) >= 11 is 0. The molecule has 0 aliphatic carbocycles. The van der Waals surface area contributed by atoms with Gasteiger partial charge in [0.2, 0.25) is 0 Å². The number of hydrogen-bond donors (Lipinski definition) is 3. The van der Waals surface area contributed by atoms with Gasteiger partial charge in [-0.2, -0.15) is 0 Å². The van der Waals surface area contributed by atoms with E-state index in [0.29, 0.717) is 6.54 Å². The summed E-state index contributed by atoms with van der Waals surface area (Å²) in [5.41, 5.74) is 5.06. The van der Waals surface area contributed by atoms with Crippen LogP contribution in [0.15, 0.2) is 12.2 Å². The van der Waals surface area contributed by atoms with Gasteiger partial charge in [-0.3, -0.25) is 0 Å². The summed E-state index contributed by atoms with van der Waals surface area (Å²) in [4.78, 5) is 0.